The molecule has 7 nitrogen and oxygen atoms in total. The Morgan fingerprint density at radius 3 is 2.37 bits per heavy atom. The van der Waals surface area contributed by atoms with Gasteiger partial charge in [0.1, 0.15) is 6.04 Å². The minimum atomic E-state index is -2.01. The van der Waals surface area contributed by atoms with Crippen molar-refractivity contribution in [2.75, 3.05) is 13.0 Å². The van der Waals surface area contributed by atoms with Gasteiger partial charge in [0.15, 0.2) is 0 Å². The van der Waals surface area contributed by atoms with Crippen molar-refractivity contribution in [2.24, 2.45) is 0 Å². The maximum absolute atomic E-state index is 13.0. The van der Waals surface area contributed by atoms with Crippen molar-refractivity contribution in [3.05, 3.63) is 34.9 Å². The van der Waals surface area contributed by atoms with Crippen LogP contribution in [-0.2, 0) is 9.59 Å². The molecule has 4 rings (SSSR count). The number of carbonyl (C=O) groups excluding carboxylic acids is 4. The van der Waals surface area contributed by atoms with E-state index in [-0.39, 0.29) is 29.5 Å². The number of benzene rings is 1. The van der Waals surface area contributed by atoms with Crippen molar-refractivity contribution >= 4 is 23.6 Å². The maximum atomic E-state index is 13.0. The van der Waals surface area contributed by atoms with E-state index in [9.17, 15) is 19.2 Å². The third kappa shape index (κ3) is 2.86. The molecule has 0 spiro atoms. The summed E-state index contributed by atoms with van der Waals surface area (Å²) in [4.78, 5) is 51.4. The second-order valence-corrected chi connectivity index (χ2v) is 7.95. The van der Waals surface area contributed by atoms with E-state index < -0.39 is 54.1 Å². The number of likely N-dealkylation sites (tertiary alicyclic amines) is 1. The van der Waals surface area contributed by atoms with Gasteiger partial charge < -0.3 is 0 Å². The Bertz CT molecular complexity index is 1020. The molecule has 1 atom stereocenters. The molecule has 3 aliphatic rings. The number of fused-ring (bicyclic) bond motifs is 1. The molecule has 0 bridgehead atoms. The Morgan fingerprint density at radius 1 is 1.07 bits per heavy atom. The van der Waals surface area contributed by atoms with Gasteiger partial charge in [0.25, 0.3) is 11.8 Å². The lowest BCUT2D eigenvalue weighted by Gasteiger charge is -2.48. The molecule has 3 aliphatic heterocycles. The number of piperidine rings is 1. The van der Waals surface area contributed by atoms with Gasteiger partial charge in [-0.3, -0.25) is 34.3 Å². The fourth-order valence-electron chi connectivity index (χ4n) is 3.46. The Labute approximate surface area is 163 Å². The Morgan fingerprint density at radius 2 is 1.74 bits per heavy atom. The van der Waals surface area contributed by atoms with Gasteiger partial charge in [-0.1, -0.05) is 6.07 Å². The first-order valence-electron chi connectivity index (χ1n) is 10.8. The number of amides is 4. The predicted molar refractivity (Wildman–Crippen MR) is 97.2 cm³/mol. The normalized spacial score (nSPS) is 30.0. The van der Waals surface area contributed by atoms with Crippen LogP contribution in [0.15, 0.2) is 18.2 Å². The van der Waals surface area contributed by atoms with E-state index >= 15 is 0 Å². The largest absolute Gasteiger partial charge is 0.297 e. The molecule has 7 heteroatoms. The van der Waals surface area contributed by atoms with E-state index in [1.54, 1.807) is 20.8 Å². The van der Waals surface area contributed by atoms with E-state index in [1.165, 1.54) is 18.2 Å². The zero-order valence-electron chi connectivity index (χ0n) is 19.3. The summed E-state index contributed by atoms with van der Waals surface area (Å²) in [6.45, 7) is 1.15. The second kappa shape index (κ2) is 5.99. The van der Waals surface area contributed by atoms with Crippen LogP contribution in [0.2, 0.25) is 0 Å². The fraction of sp³-hybridized carbons (Fsp3) is 0.500. The highest BCUT2D eigenvalue weighted by atomic mass is 16.2. The first-order chi connectivity index (χ1) is 14.2. The summed E-state index contributed by atoms with van der Waals surface area (Å²) in [7, 11) is 0. The average molecular weight is 373 g/mol. The van der Waals surface area contributed by atoms with Gasteiger partial charge in [0.05, 0.1) is 11.1 Å². The fourth-order valence-corrected chi connectivity index (χ4v) is 3.46. The Hall–Kier alpha value is -2.54. The molecule has 1 aromatic carbocycles. The molecule has 0 aromatic heterocycles. The quantitative estimate of drug-likeness (QED) is 0.790. The number of hydrogen-bond donors (Lipinski definition) is 1. The summed E-state index contributed by atoms with van der Waals surface area (Å²) in [5, 5.41) is 2.13. The van der Waals surface area contributed by atoms with Crippen LogP contribution in [0.5, 0.6) is 0 Å². The highest BCUT2D eigenvalue weighted by molar-refractivity contribution is 6.23. The van der Waals surface area contributed by atoms with Gasteiger partial charge in [-0.2, -0.15) is 0 Å². The molecule has 0 unspecified atom stereocenters. The van der Waals surface area contributed by atoms with Crippen LogP contribution in [0.3, 0.4) is 0 Å². The van der Waals surface area contributed by atoms with Gasteiger partial charge in [0.2, 0.25) is 11.8 Å². The molecule has 1 aromatic rings. The van der Waals surface area contributed by atoms with Crippen LogP contribution in [0, 0.1) is 0 Å². The first-order valence-corrected chi connectivity index (χ1v) is 8.85. The van der Waals surface area contributed by atoms with Crippen molar-refractivity contribution in [3.63, 3.8) is 0 Å². The standard InChI is InChI=1S/C20H23N3O4/c1-20(2,3)22-9-12(10-22)11-4-5-13-14(8-11)19(27)23(18(13)26)15-6-7-16(24)21-17(15)25/h4-5,8,12,15H,6-7,9-10H2,1-3H3,(H,21,24,25)/t15-/m1/s1/i9D2,10D2. The molecule has 0 radical (unpaired) electrons. The predicted octanol–water partition coefficient (Wildman–Crippen LogP) is 1.29. The zero-order valence-corrected chi connectivity index (χ0v) is 15.3. The molecular weight excluding hydrogens is 346 g/mol. The van der Waals surface area contributed by atoms with Gasteiger partial charge in [-0.05, 0) is 44.9 Å². The molecular formula is C20H23N3O4. The Kier molecular flexibility index (Phi) is 3.02. The summed E-state index contributed by atoms with van der Waals surface area (Å²) < 4.78 is 33.9. The summed E-state index contributed by atoms with van der Waals surface area (Å²) in [6, 6.07) is 3.09. The van der Waals surface area contributed by atoms with Crippen LogP contribution in [0.4, 0.5) is 0 Å². The topological polar surface area (TPSA) is 86.8 Å². The Balaban J connectivity index is 1.69. The second-order valence-electron chi connectivity index (χ2n) is 7.95. The van der Waals surface area contributed by atoms with E-state index in [4.69, 9.17) is 5.48 Å². The van der Waals surface area contributed by atoms with Crippen molar-refractivity contribution in [1.29, 1.82) is 0 Å². The molecule has 0 saturated carbocycles. The van der Waals surface area contributed by atoms with Crippen molar-refractivity contribution in [1.82, 2.24) is 15.1 Å². The van der Waals surface area contributed by atoms with Crippen LogP contribution < -0.4 is 5.32 Å². The van der Waals surface area contributed by atoms with E-state index in [0.29, 0.717) is 0 Å². The average Bonchev–Trinajstić information content (AvgIpc) is 2.83. The first kappa shape index (κ1) is 13.6. The van der Waals surface area contributed by atoms with Crippen LogP contribution >= 0.6 is 0 Å². The monoisotopic (exact) mass is 373 g/mol. The summed E-state index contributed by atoms with van der Waals surface area (Å²) in [5.74, 6) is -3.70. The van der Waals surface area contributed by atoms with Crippen LogP contribution in [0.25, 0.3) is 0 Å². The molecule has 142 valence electrons. The summed E-state index contributed by atoms with van der Waals surface area (Å²) in [5.41, 5.74) is -0.422. The van der Waals surface area contributed by atoms with Gasteiger partial charge in [0, 0.05) is 36.4 Å². The lowest BCUT2D eigenvalue weighted by Crippen LogP contribution is -2.54. The van der Waals surface area contributed by atoms with Gasteiger partial charge in [-0.25, -0.2) is 0 Å². The lowest BCUT2D eigenvalue weighted by molar-refractivity contribution is -0.136. The molecule has 2 fully saturated rings. The van der Waals surface area contributed by atoms with Gasteiger partial charge in [-0.15, -0.1) is 0 Å². The zero-order chi connectivity index (χ0) is 23.1. The van der Waals surface area contributed by atoms with Gasteiger partial charge >= 0.3 is 0 Å². The highest BCUT2D eigenvalue weighted by Crippen LogP contribution is 2.35. The lowest BCUT2D eigenvalue weighted by atomic mass is 9.86. The van der Waals surface area contributed by atoms with Crippen LogP contribution in [-0.4, -0.2) is 58.0 Å². The molecule has 1 N–H and O–H groups in total. The molecule has 2 saturated heterocycles. The van der Waals surface area contributed by atoms with Crippen molar-refractivity contribution in [2.45, 2.75) is 51.1 Å². The minimum Gasteiger partial charge on any atom is -0.297 e. The maximum Gasteiger partial charge on any atom is 0.262 e. The van der Waals surface area contributed by atoms with Crippen molar-refractivity contribution < 1.29 is 24.7 Å². The SMILES string of the molecule is [2H]C1([2H])C(c2ccc3c(c2)C(=O)N([C@@H]2CCC(=O)NC2=O)C3=O)C([2H])([2H])N1C(C)(C)C. The minimum absolute atomic E-state index is 0.00742. The number of imide groups is 2. The smallest absolute Gasteiger partial charge is 0.262 e. The summed E-state index contributed by atoms with van der Waals surface area (Å²) >= 11 is 0. The number of nitrogens with zero attached hydrogens (tertiary/aromatic N) is 2. The van der Waals surface area contributed by atoms with E-state index in [1.807, 2.05) is 0 Å². The number of carbonyl (C=O) groups is 4. The van der Waals surface area contributed by atoms with Crippen LogP contribution in [0.1, 0.15) is 71.3 Å². The third-order valence-electron chi connectivity index (χ3n) is 4.98. The van der Waals surface area contributed by atoms with Crippen molar-refractivity contribution in [3.8, 4) is 0 Å². The van der Waals surface area contributed by atoms with E-state index in [0.717, 1.165) is 9.80 Å². The molecule has 3 heterocycles. The third-order valence-corrected chi connectivity index (χ3v) is 4.98. The molecule has 4 amide bonds. The highest BCUT2D eigenvalue weighted by Gasteiger charge is 2.45. The summed E-state index contributed by atoms with van der Waals surface area (Å²) in [6.07, 6.45) is 0.0530. The number of rotatable bonds is 2. The molecule has 27 heavy (non-hydrogen) atoms. The molecule has 0 aliphatic carbocycles. The number of hydrogen-bond acceptors (Lipinski definition) is 5. The number of nitrogens with one attached hydrogen (secondary N) is 1. The van der Waals surface area contributed by atoms with E-state index in [2.05, 4.69) is 5.32 Å².